The summed E-state index contributed by atoms with van der Waals surface area (Å²) in [6, 6.07) is 7.85. The number of carbonyl (C=O) groups excluding carboxylic acids is 2. The highest BCUT2D eigenvalue weighted by atomic mass is 16.3. The Hall–Kier alpha value is -1.88. The van der Waals surface area contributed by atoms with Crippen molar-refractivity contribution in [3.05, 3.63) is 29.8 Å². The van der Waals surface area contributed by atoms with Gasteiger partial charge in [-0.1, -0.05) is 18.2 Å². The quantitative estimate of drug-likeness (QED) is 0.804. The second-order valence-corrected chi connectivity index (χ2v) is 6.95. The number of anilines is 1. The number of aliphatic hydroxyl groups is 1. The first-order valence-corrected chi connectivity index (χ1v) is 7.95. The first-order chi connectivity index (χ1) is 10.5. The van der Waals surface area contributed by atoms with Gasteiger partial charge in [0.25, 0.3) is 0 Å². The molecule has 1 heterocycles. The maximum absolute atomic E-state index is 12.5. The smallest absolute Gasteiger partial charge is 0.316 e. The fraction of sp³-hybridized carbons (Fsp3) is 0.529. The molecule has 2 amide bonds. The van der Waals surface area contributed by atoms with Crippen molar-refractivity contribution >= 4 is 17.5 Å². The van der Waals surface area contributed by atoms with E-state index in [0.29, 0.717) is 19.4 Å². The molecule has 116 valence electrons. The summed E-state index contributed by atoms with van der Waals surface area (Å²) in [6.45, 7) is 0.765. The lowest BCUT2D eigenvalue weighted by Crippen LogP contribution is -2.51. The molecule has 5 nitrogen and oxygen atoms in total. The lowest BCUT2D eigenvalue weighted by molar-refractivity contribution is -0.138. The predicted octanol–water partition coefficient (Wildman–Crippen LogP) is 1.10. The molecular weight excluding hydrogens is 280 g/mol. The van der Waals surface area contributed by atoms with Crippen LogP contribution in [0.5, 0.6) is 0 Å². The Kier molecular flexibility index (Phi) is 2.85. The van der Waals surface area contributed by atoms with Crippen molar-refractivity contribution in [2.75, 3.05) is 18.0 Å². The topological polar surface area (TPSA) is 69.6 Å². The first-order valence-electron chi connectivity index (χ1n) is 7.95. The second kappa shape index (κ2) is 4.56. The third kappa shape index (κ3) is 2.03. The minimum absolute atomic E-state index is 0.0821. The van der Waals surface area contributed by atoms with Gasteiger partial charge in [-0.25, -0.2) is 0 Å². The Bertz CT molecular complexity index is 647. The van der Waals surface area contributed by atoms with Crippen molar-refractivity contribution in [3.63, 3.8) is 0 Å². The number of carbonyl (C=O) groups is 2. The van der Waals surface area contributed by atoms with Crippen LogP contribution < -0.4 is 10.2 Å². The van der Waals surface area contributed by atoms with Gasteiger partial charge in [0.15, 0.2) is 0 Å². The minimum atomic E-state index is -0.809. The van der Waals surface area contributed by atoms with E-state index in [1.54, 1.807) is 4.90 Å². The average Bonchev–Trinajstić information content (AvgIpc) is 3.20. The molecule has 2 N–H and O–H groups in total. The van der Waals surface area contributed by atoms with E-state index in [-0.39, 0.29) is 12.0 Å². The van der Waals surface area contributed by atoms with Gasteiger partial charge in [-0.05, 0) is 43.7 Å². The van der Waals surface area contributed by atoms with Gasteiger partial charge in [0.1, 0.15) is 0 Å². The molecule has 0 unspecified atom stereocenters. The normalized spacial score (nSPS) is 22.9. The lowest BCUT2D eigenvalue weighted by Gasteiger charge is -2.36. The van der Waals surface area contributed by atoms with E-state index in [9.17, 15) is 14.7 Å². The third-order valence-electron chi connectivity index (χ3n) is 5.38. The van der Waals surface area contributed by atoms with Crippen LogP contribution in [0.25, 0.3) is 0 Å². The molecule has 0 radical (unpaired) electrons. The number of nitrogens with zero attached hydrogens (tertiary/aromatic N) is 1. The van der Waals surface area contributed by atoms with Crippen LogP contribution in [0.3, 0.4) is 0 Å². The van der Waals surface area contributed by atoms with Crippen molar-refractivity contribution in [1.29, 1.82) is 0 Å². The van der Waals surface area contributed by atoms with E-state index in [1.807, 2.05) is 18.2 Å². The molecule has 0 aromatic heterocycles. The zero-order chi connectivity index (χ0) is 15.4. The van der Waals surface area contributed by atoms with E-state index in [4.69, 9.17) is 0 Å². The SMILES string of the molecule is O=C(NCC1(O)CCC1)C(=O)N1CC2(CC2)c2ccccc21. The zero-order valence-electron chi connectivity index (χ0n) is 12.5. The first kappa shape index (κ1) is 13.8. The van der Waals surface area contributed by atoms with E-state index in [1.165, 1.54) is 5.56 Å². The molecule has 2 saturated carbocycles. The molecule has 1 spiro atoms. The number of hydrogen-bond donors (Lipinski definition) is 2. The van der Waals surface area contributed by atoms with Crippen molar-refractivity contribution in [2.24, 2.45) is 0 Å². The molecular formula is C17H20N2O3. The summed E-state index contributed by atoms with van der Waals surface area (Å²) in [5, 5.41) is 12.6. The monoisotopic (exact) mass is 300 g/mol. The number of rotatable bonds is 2. The van der Waals surface area contributed by atoms with E-state index in [0.717, 1.165) is 24.9 Å². The van der Waals surface area contributed by atoms with Crippen LogP contribution in [-0.4, -0.2) is 35.6 Å². The molecule has 1 aliphatic heterocycles. The summed E-state index contributed by atoms with van der Waals surface area (Å²) in [5.41, 5.74) is 1.33. The summed E-state index contributed by atoms with van der Waals surface area (Å²) in [6.07, 6.45) is 4.51. The van der Waals surface area contributed by atoms with Gasteiger partial charge < -0.3 is 15.3 Å². The van der Waals surface area contributed by atoms with Crippen molar-refractivity contribution in [3.8, 4) is 0 Å². The minimum Gasteiger partial charge on any atom is -0.388 e. The Balaban J connectivity index is 1.48. The van der Waals surface area contributed by atoms with Crippen LogP contribution in [0.2, 0.25) is 0 Å². The molecule has 1 aromatic carbocycles. The van der Waals surface area contributed by atoms with Gasteiger partial charge in [0, 0.05) is 24.2 Å². The van der Waals surface area contributed by atoms with Crippen LogP contribution in [0.1, 0.15) is 37.7 Å². The molecule has 4 rings (SSSR count). The second-order valence-electron chi connectivity index (χ2n) is 6.95. The maximum atomic E-state index is 12.5. The zero-order valence-corrected chi connectivity index (χ0v) is 12.5. The Morgan fingerprint density at radius 3 is 2.55 bits per heavy atom. The van der Waals surface area contributed by atoms with Crippen molar-refractivity contribution in [1.82, 2.24) is 5.32 Å². The van der Waals surface area contributed by atoms with Crippen LogP contribution >= 0.6 is 0 Å². The standard InChI is InChI=1S/C17H20N2O3/c20-14(18-10-17(22)6-3-7-17)15(21)19-11-16(8-9-16)12-4-1-2-5-13(12)19/h1-2,4-5,22H,3,6-11H2,(H,18,20). The molecule has 0 saturated heterocycles. The largest absolute Gasteiger partial charge is 0.388 e. The van der Waals surface area contributed by atoms with Gasteiger partial charge in [0.05, 0.1) is 5.60 Å². The Labute approximate surface area is 129 Å². The highest BCUT2D eigenvalue weighted by molar-refractivity contribution is 6.40. The Morgan fingerprint density at radius 1 is 1.18 bits per heavy atom. The van der Waals surface area contributed by atoms with Crippen molar-refractivity contribution in [2.45, 2.75) is 43.1 Å². The predicted molar refractivity (Wildman–Crippen MR) is 81.5 cm³/mol. The molecule has 22 heavy (non-hydrogen) atoms. The van der Waals surface area contributed by atoms with Crippen LogP contribution in [0.4, 0.5) is 5.69 Å². The molecule has 1 aromatic rings. The Morgan fingerprint density at radius 2 is 1.91 bits per heavy atom. The van der Waals surface area contributed by atoms with Gasteiger partial charge in [-0.15, -0.1) is 0 Å². The summed E-state index contributed by atoms with van der Waals surface area (Å²) < 4.78 is 0. The molecule has 0 bridgehead atoms. The molecule has 2 fully saturated rings. The van der Waals surface area contributed by atoms with Gasteiger partial charge in [-0.2, -0.15) is 0 Å². The fourth-order valence-corrected chi connectivity index (χ4v) is 3.59. The highest BCUT2D eigenvalue weighted by Gasteiger charge is 2.53. The maximum Gasteiger partial charge on any atom is 0.316 e. The number of hydrogen-bond acceptors (Lipinski definition) is 3. The summed E-state index contributed by atoms with van der Waals surface area (Å²) in [5.74, 6) is -1.13. The summed E-state index contributed by atoms with van der Waals surface area (Å²) >= 11 is 0. The number of fused-ring (bicyclic) bond motifs is 2. The van der Waals surface area contributed by atoms with Crippen LogP contribution in [0.15, 0.2) is 24.3 Å². The number of para-hydroxylation sites is 1. The molecule has 2 aliphatic carbocycles. The van der Waals surface area contributed by atoms with E-state index < -0.39 is 17.4 Å². The molecule has 0 atom stereocenters. The number of nitrogens with one attached hydrogen (secondary N) is 1. The van der Waals surface area contributed by atoms with E-state index in [2.05, 4.69) is 11.4 Å². The fourth-order valence-electron chi connectivity index (χ4n) is 3.59. The molecule has 5 heteroatoms. The highest BCUT2D eigenvalue weighted by Crippen LogP contribution is 2.56. The van der Waals surface area contributed by atoms with E-state index >= 15 is 0 Å². The van der Waals surface area contributed by atoms with Gasteiger partial charge in [0.2, 0.25) is 0 Å². The summed E-state index contributed by atoms with van der Waals surface area (Å²) in [4.78, 5) is 26.2. The third-order valence-corrected chi connectivity index (χ3v) is 5.38. The van der Waals surface area contributed by atoms with Crippen molar-refractivity contribution < 1.29 is 14.7 Å². The number of benzene rings is 1. The average molecular weight is 300 g/mol. The lowest BCUT2D eigenvalue weighted by atomic mass is 9.80. The van der Waals surface area contributed by atoms with Gasteiger partial charge in [-0.3, -0.25) is 9.59 Å². The molecule has 3 aliphatic rings. The van der Waals surface area contributed by atoms with Crippen LogP contribution in [0, 0.1) is 0 Å². The van der Waals surface area contributed by atoms with Gasteiger partial charge >= 0.3 is 11.8 Å². The van der Waals surface area contributed by atoms with Crippen LogP contribution in [-0.2, 0) is 15.0 Å². The number of amides is 2. The summed E-state index contributed by atoms with van der Waals surface area (Å²) in [7, 11) is 0.